The Bertz CT molecular complexity index is 459. The second-order valence-electron chi connectivity index (χ2n) is 3.57. The molecule has 0 amide bonds. The molecule has 0 radical (unpaired) electrons. The highest BCUT2D eigenvalue weighted by atomic mass is 16.5. The first-order valence-electron chi connectivity index (χ1n) is 5.65. The number of aromatic nitrogens is 2. The second-order valence-corrected chi connectivity index (χ2v) is 3.57. The third-order valence-corrected chi connectivity index (χ3v) is 2.13. The highest BCUT2D eigenvalue weighted by Gasteiger charge is 1.99. The van der Waals surface area contributed by atoms with Gasteiger partial charge in [0.05, 0.1) is 6.61 Å². The lowest BCUT2D eigenvalue weighted by Gasteiger charge is -2.07. The number of nitrogens with one attached hydrogen (secondary N) is 1. The number of hydrogen-bond donors (Lipinski definition) is 1. The fourth-order valence-electron chi connectivity index (χ4n) is 1.36. The zero-order valence-corrected chi connectivity index (χ0v) is 9.76. The van der Waals surface area contributed by atoms with Crippen LogP contribution in [0.2, 0.25) is 0 Å². The molecule has 0 atom stereocenters. The van der Waals surface area contributed by atoms with Crippen molar-refractivity contribution < 1.29 is 4.74 Å². The van der Waals surface area contributed by atoms with Crippen LogP contribution in [-0.4, -0.2) is 16.6 Å². The van der Waals surface area contributed by atoms with Crippen LogP contribution in [0.25, 0.3) is 0 Å². The molecule has 2 aromatic rings. The molecule has 0 aromatic carbocycles. The van der Waals surface area contributed by atoms with Crippen LogP contribution >= 0.6 is 0 Å². The van der Waals surface area contributed by atoms with Gasteiger partial charge in [-0.25, -0.2) is 9.97 Å². The molecule has 0 bridgehead atoms. The molecule has 4 heteroatoms. The average molecular weight is 229 g/mol. The Kier molecular flexibility index (Phi) is 3.91. The molecule has 2 rings (SSSR count). The van der Waals surface area contributed by atoms with Crippen LogP contribution < -0.4 is 10.1 Å². The Labute approximate surface area is 101 Å². The summed E-state index contributed by atoms with van der Waals surface area (Å²) >= 11 is 0. The zero-order chi connectivity index (χ0) is 11.9. The van der Waals surface area contributed by atoms with Gasteiger partial charge >= 0.3 is 0 Å². The topological polar surface area (TPSA) is 47.0 Å². The van der Waals surface area contributed by atoms with E-state index in [1.165, 1.54) is 0 Å². The molecular weight excluding hydrogens is 214 g/mol. The predicted octanol–water partition coefficient (Wildman–Crippen LogP) is 3.01. The third kappa shape index (κ3) is 3.45. The molecular formula is C13H15N3O. The molecule has 0 spiro atoms. The van der Waals surface area contributed by atoms with Crippen molar-refractivity contribution in [3.8, 4) is 5.75 Å². The van der Waals surface area contributed by atoms with E-state index in [9.17, 15) is 0 Å². The van der Waals surface area contributed by atoms with Gasteiger partial charge in [0.2, 0.25) is 0 Å². The number of nitrogens with zero attached hydrogens (tertiary/aromatic N) is 2. The van der Waals surface area contributed by atoms with E-state index in [2.05, 4.69) is 22.2 Å². The van der Waals surface area contributed by atoms with E-state index in [0.717, 1.165) is 23.8 Å². The molecule has 0 saturated carbocycles. The van der Waals surface area contributed by atoms with Gasteiger partial charge in [-0.15, -0.1) is 0 Å². The molecule has 0 aliphatic rings. The van der Waals surface area contributed by atoms with E-state index >= 15 is 0 Å². The van der Waals surface area contributed by atoms with Gasteiger partial charge in [-0.3, -0.25) is 0 Å². The van der Waals surface area contributed by atoms with E-state index in [1.54, 1.807) is 12.4 Å². The summed E-state index contributed by atoms with van der Waals surface area (Å²) in [6.45, 7) is 2.79. The Hall–Kier alpha value is -2.10. The second kappa shape index (κ2) is 5.84. The molecule has 0 fully saturated rings. The molecule has 0 aliphatic carbocycles. The van der Waals surface area contributed by atoms with Gasteiger partial charge in [0.25, 0.3) is 0 Å². The van der Waals surface area contributed by atoms with Gasteiger partial charge in [0, 0.05) is 18.5 Å². The van der Waals surface area contributed by atoms with Crippen LogP contribution in [0.5, 0.6) is 5.75 Å². The molecule has 88 valence electrons. The minimum Gasteiger partial charge on any atom is -0.493 e. The summed E-state index contributed by atoms with van der Waals surface area (Å²) in [7, 11) is 0. The lowest BCUT2D eigenvalue weighted by molar-refractivity contribution is 0.317. The first-order valence-corrected chi connectivity index (χ1v) is 5.65. The lowest BCUT2D eigenvalue weighted by Crippen LogP contribution is -1.98. The largest absolute Gasteiger partial charge is 0.493 e. The van der Waals surface area contributed by atoms with Crippen LogP contribution in [0.4, 0.5) is 11.6 Å². The number of anilines is 2. The Morgan fingerprint density at radius 3 is 2.76 bits per heavy atom. The zero-order valence-electron chi connectivity index (χ0n) is 9.76. The third-order valence-electron chi connectivity index (χ3n) is 2.13. The molecule has 2 heterocycles. The van der Waals surface area contributed by atoms with Crippen LogP contribution in [0.15, 0.2) is 42.7 Å². The lowest BCUT2D eigenvalue weighted by atomic mass is 10.4. The van der Waals surface area contributed by atoms with E-state index in [0.29, 0.717) is 6.61 Å². The maximum absolute atomic E-state index is 5.53. The van der Waals surface area contributed by atoms with Crippen molar-refractivity contribution in [2.24, 2.45) is 0 Å². The summed E-state index contributed by atoms with van der Waals surface area (Å²) in [5, 5.41) is 3.12. The Morgan fingerprint density at radius 1 is 1.12 bits per heavy atom. The van der Waals surface area contributed by atoms with Crippen LogP contribution in [-0.2, 0) is 0 Å². The van der Waals surface area contributed by atoms with Gasteiger partial charge in [-0.2, -0.15) is 0 Å². The van der Waals surface area contributed by atoms with Crippen LogP contribution in [0.3, 0.4) is 0 Å². The van der Waals surface area contributed by atoms with Gasteiger partial charge < -0.3 is 10.1 Å². The van der Waals surface area contributed by atoms with Crippen molar-refractivity contribution >= 4 is 11.6 Å². The summed E-state index contributed by atoms with van der Waals surface area (Å²) < 4.78 is 5.53. The normalized spacial score (nSPS) is 9.94. The quantitative estimate of drug-likeness (QED) is 0.856. The highest BCUT2D eigenvalue weighted by molar-refractivity contribution is 5.52. The van der Waals surface area contributed by atoms with Crippen molar-refractivity contribution in [2.75, 3.05) is 11.9 Å². The summed E-state index contributed by atoms with van der Waals surface area (Å²) in [6, 6.07) is 9.40. The van der Waals surface area contributed by atoms with Crippen LogP contribution in [0.1, 0.15) is 13.3 Å². The molecule has 0 unspecified atom stereocenters. The van der Waals surface area contributed by atoms with Crippen molar-refractivity contribution in [2.45, 2.75) is 13.3 Å². The maximum Gasteiger partial charge on any atom is 0.135 e. The molecule has 0 saturated heterocycles. The van der Waals surface area contributed by atoms with Gasteiger partial charge in [-0.05, 0) is 24.6 Å². The SMILES string of the molecule is CCCOc1ccnc(Nc2ccccn2)c1. The van der Waals surface area contributed by atoms with Gasteiger partial charge in [0.1, 0.15) is 17.4 Å². The summed E-state index contributed by atoms with van der Waals surface area (Å²) in [6.07, 6.45) is 4.45. The number of rotatable bonds is 5. The Morgan fingerprint density at radius 2 is 2.00 bits per heavy atom. The Balaban J connectivity index is 2.06. The van der Waals surface area contributed by atoms with E-state index in [4.69, 9.17) is 4.74 Å². The van der Waals surface area contributed by atoms with Crippen LogP contribution in [0, 0.1) is 0 Å². The van der Waals surface area contributed by atoms with E-state index in [1.807, 2.05) is 30.3 Å². The molecule has 1 N–H and O–H groups in total. The maximum atomic E-state index is 5.53. The minimum absolute atomic E-state index is 0.715. The van der Waals surface area contributed by atoms with Gasteiger partial charge in [0.15, 0.2) is 0 Å². The van der Waals surface area contributed by atoms with E-state index in [-0.39, 0.29) is 0 Å². The summed E-state index contributed by atoms with van der Waals surface area (Å²) in [5.74, 6) is 2.32. The number of ether oxygens (including phenoxy) is 1. The first kappa shape index (κ1) is 11.4. The smallest absolute Gasteiger partial charge is 0.135 e. The van der Waals surface area contributed by atoms with Crippen molar-refractivity contribution in [3.05, 3.63) is 42.7 Å². The van der Waals surface area contributed by atoms with Gasteiger partial charge in [-0.1, -0.05) is 13.0 Å². The standard InChI is InChI=1S/C13H15N3O/c1-2-9-17-11-6-8-15-13(10-11)16-12-5-3-4-7-14-12/h3-8,10H,2,9H2,1H3,(H,14,15,16). The summed E-state index contributed by atoms with van der Waals surface area (Å²) in [5.41, 5.74) is 0. The predicted molar refractivity (Wildman–Crippen MR) is 67.5 cm³/mol. The number of hydrogen-bond acceptors (Lipinski definition) is 4. The molecule has 0 aliphatic heterocycles. The number of pyridine rings is 2. The van der Waals surface area contributed by atoms with Crippen molar-refractivity contribution in [1.29, 1.82) is 0 Å². The fraction of sp³-hybridized carbons (Fsp3) is 0.231. The van der Waals surface area contributed by atoms with Crippen molar-refractivity contribution in [1.82, 2.24) is 9.97 Å². The highest BCUT2D eigenvalue weighted by Crippen LogP contribution is 2.17. The first-order chi connectivity index (χ1) is 8.38. The minimum atomic E-state index is 0.715. The molecule has 17 heavy (non-hydrogen) atoms. The van der Waals surface area contributed by atoms with E-state index < -0.39 is 0 Å². The van der Waals surface area contributed by atoms with Crippen molar-refractivity contribution in [3.63, 3.8) is 0 Å². The fourth-order valence-corrected chi connectivity index (χ4v) is 1.36. The monoisotopic (exact) mass is 229 g/mol. The molecule has 2 aromatic heterocycles. The summed E-state index contributed by atoms with van der Waals surface area (Å²) in [4.78, 5) is 8.39. The molecule has 4 nitrogen and oxygen atoms in total. The average Bonchev–Trinajstić information content (AvgIpc) is 2.38.